The Morgan fingerprint density at radius 2 is 2.12 bits per heavy atom. The molecule has 0 aliphatic rings. The van der Waals surface area contributed by atoms with Crippen molar-refractivity contribution in [1.82, 2.24) is 10.6 Å². The van der Waals surface area contributed by atoms with Crippen molar-refractivity contribution >= 4 is 23.2 Å². The SMILES string of the molecule is C=CC(=O)NC(C)(C)C(=O)NCC[S+]([O-])N=O. The summed E-state index contributed by atoms with van der Waals surface area (Å²) in [6.07, 6.45) is 1.06. The molecule has 2 amide bonds. The van der Waals surface area contributed by atoms with Crippen molar-refractivity contribution < 1.29 is 14.1 Å². The van der Waals surface area contributed by atoms with Gasteiger partial charge in [-0.2, -0.15) is 0 Å². The fraction of sp³-hybridized carbons (Fsp3) is 0.556. The zero-order valence-electron chi connectivity index (χ0n) is 9.69. The van der Waals surface area contributed by atoms with Crippen LogP contribution in [0.15, 0.2) is 17.2 Å². The van der Waals surface area contributed by atoms with Crippen molar-refractivity contribution in [2.45, 2.75) is 19.4 Å². The van der Waals surface area contributed by atoms with Gasteiger partial charge in [0.25, 0.3) is 0 Å². The number of hydrogen-bond donors (Lipinski definition) is 2. The summed E-state index contributed by atoms with van der Waals surface area (Å²) in [5.74, 6) is -0.973. The molecule has 96 valence electrons. The number of carbonyl (C=O) groups excluding carboxylic acids is 2. The van der Waals surface area contributed by atoms with E-state index in [1.165, 1.54) is 13.8 Å². The molecule has 0 bridgehead atoms. The van der Waals surface area contributed by atoms with Gasteiger partial charge in [-0.25, -0.2) is 0 Å². The summed E-state index contributed by atoms with van der Waals surface area (Å²) in [5, 5.41) is 4.87. The molecule has 0 aliphatic carbocycles. The van der Waals surface area contributed by atoms with Crippen LogP contribution in [0.1, 0.15) is 13.8 Å². The molecule has 0 aliphatic heterocycles. The van der Waals surface area contributed by atoms with Gasteiger partial charge >= 0.3 is 0 Å². The molecule has 0 heterocycles. The van der Waals surface area contributed by atoms with Crippen LogP contribution in [-0.4, -0.2) is 34.2 Å². The van der Waals surface area contributed by atoms with Crippen LogP contribution < -0.4 is 10.6 Å². The molecule has 2 N–H and O–H groups in total. The van der Waals surface area contributed by atoms with E-state index in [2.05, 4.69) is 21.8 Å². The quantitative estimate of drug-likeness (QED) is 0.369. The zero-order valence-corrected chi connectivity index (χ0v) is 10.5. The number of nitroso groups, excluding NO2 is 1. The average molecular weight is 261 g/mol. The van der Waals surface area contributed by atoms with Crippen LogP contribution >= 0.6 is 0 Å². The topological polar surface area (TPSA) is 111 Å². The second-order valence-electron chi connectivity index (χ2n) is 3.67. The standard InChI is InChI=1S/C9H15N3O4S/c1-4-7(13)11-9(2,3)8(14)10-5-6-17(16)12-15/h4H,1,5-6H2,2-3H3,(H,10,14)(H,11,13). The van der Waals surface area contributed by atoms with Crippen LogP contribution in [0.25, 0.3) is 0 Å². The molecule has 0 rings (SSSR count). The third-order valence-electron chi connectivity index (χ3n) is 1.83. The maximum absolute atomic E-state index is 11.6. The molecule has 0 spiro atoms. The minimum absolute atomic E-state index is 0.0462. The minimum atomic E-state index is -1.83. The Balaban J connectivity index is 4.15. The van der Waals surface area contributed by atoms with Gasteiger partial charge in [0.05, 0.1) is 6.54 Å². The Hall–Kier alpha value is -1.41. The maximum Gasteiger partial charge on any atom is 0.245 e. The third kappa shape index (κ3) is 6.03. The van der Waals surface area contributed by atoms with Gasteiger partial charge in [0.1, 0.15) is 16.9 Å². The van der Waals surface area contributed by atoms with Crippen molar-refractivity contribution in [2.24, 2.45) is 4.58 Å². The van der Waals surface area contributed by atoms with E-state index in [9.17, 15) is 19.0 Å². The van der Waals surface area contributed by atoms with Gasteiger partial charge in [0.2, 0.25) is 11.8 Å². The highest BCUT2D eigenvalue weighted by Gasteiger charge is 2.28. The highest BCUT2D eigenvalue weighted by atomic mass is 32.2. The van der Waals surface area contributed by atoms with E-state index in [1.807, 2.05) is 0 Å². The maximum atomic E-state index is 11.6. The Morgan fingerprint density at radius 3 is 2.59 bits per heavy atom. The van der Waals surface area contributed by atoms with Crippen LogP contribution in [0.5, 0.6) is 0 Å². The predicted octanol–water partition coefficient (Wildman–Crippen LogP) is -0.386. The monoisotopic (exact) mass is 261 g/mol. The summed E-state index contributed by atoms with van der Waals surface area (Å²) >= 11 is -1.83. The average Bonchev–Trinajstić information content (AvgIpc) is 2.27. The van der Waals surface area contributed by atoms with E-state index >= 15 is 0 Å². The molecule has 8 heteroatoms. The van der Waals surface area contributed by atoms with Gasteiger partial charge in [-0.05, 0) is 19.9 Å². The van der Waals surface area contributed by atoms with E-state index in [0.717, 1.165) is 6.08 Å². The molecule has 1 atom stereocenters. The van der Waals surface area contributed by atoms with Crippen molar-refractivity contribution in [2.75, 3.05) is 12.3 Å². The fourth-order valence-corrected chi connectivity index (χ4v) is 1.28. The summed E-state index contributed by atoms with van der Waals surface area (Å²) in [4.78, 5) is 32.5. The van der Waals surface area contributed by atoms with Gasteiger partial charge in [-0.3, -0.25) is 9.59 Å². The number of rotatable bonds is 7. The lowest BCUT2D eigenvalue weighted by molar-refractivity contribution is -0.130. The van der Waals surface area contributed by atoms with Gasteiger partial charge in [-0.1, -0.05) is 11.5 Å². The molecular weight excluding hydrogens is 246 g/mol. The van der Waals surface area contributed by atoms with E-state index < -0.39 is 28.7 Å². The van der Waals surface area contributed by atoms with Crippen molar-refractivity contribution in [3.63, 3.8) is 0 Å². The third-order valence-corrected chi connectivity index (χ3v) is 2.55. The predicted molar refractivity (Wildman–Crippen MR) is 64.2 cm³/mol. The number of nitrogens with zero attached hydrogens (tertiary/aromatic N) is 1. The van der Waals surface area contributed by atoms with Crippen molar-refractivity contribution in [1.29, 1.82) is 0 Å². The van der Waals surface area contributed by atoms with Crippen LogP contribution in [0.4, 0.5) is 0 Å². The first-order valence-corrected chi connectivity index (χ1v) is 6.06. The zero-order chi connectivity index (χ0) is 13.5. The lowest BCUT2D eigenvalue weighted by Gasteiger charge is -2.24. The van der Waals surface area contributed by atoms with Gasteiger partial charge in [0.15, 0.2) is 10.3 Å². The molecule has 0 saturated carbocycles. The normalized spacial score (nSPS) is 12.4. The minimum Gasteiger partial charge on any atom is -0.589 e. The van der Waals surface area contributed by atoms with Crippen LogP contribution in [0, 0.1) is 4.91 Å². The number of carbonyl (C=O) groups is 2. The van der Waals surface area contributed by atoms with E-state index in [-0.39, 0.29) is 12.3 Å². The first-order chi connectivity index (χ1) is 7.83. The molecule has 0 fully saturated rings. The van der Waals surface area contributed by atoms with Crippen LogP contribution in [-0.2, 0) is 21.0 Å². The summed E-state index contributed by atoms with van der Waals surface area (Å²) < 4.78 is 13.0. The molecule has 0 aromatic carbocycles. The van der Waals surface area contributed by atoms with E-state index in [1.54, 1.807) is 0 Å². The Morgan fingerprint density at radius 1 is 1.53 bits per heavy atom. The highest BCUT2D eigenvalue weighted by Crippen LogP contribution is 2.02. The molecule has 0 aromatic heterocycles. The van der Waals surface area contributed by atoms with Crippen LogP contribution in [0.2, 0.25) is 0 Å². The largest absolute Gasteiger partial charge is 0.589 e. The molecule has 17 heavy (non-hydrogen) atoms. The van der Waals surface area contributed by atoms with Gasteiger partial charge in [-0.15, -0.1) is 0 Å². The van der Waals surface area contributed by atoms with E-state index in [4.69, 9.17) is 0 Å². The smallest absolute Gasteiger partial charge is 0.245 e. The molecule has 1 unspecified atom stereocenters. The first kappa shape index (κ1) is 15.6. The summed E-state index contributed by atoms with van der Waals surface area (Å²) in [7, 11) is 0. The first-order valence-electron chi connectivity index (χ1n) is 4.78. The van der Waals surface area contributed by atoms with Crippen LogP contribution in [0.3, 0.4) is 0 Å². The Labute approximate surface area is 102 Å². The summed E-state index contributed by atoms with van der Waals surface area (Å²) in [5.41, 5.74) is -1.11. The fourth-order valence-electron chi connectivity index (χ4n) is 0.926. The summed E-state index contributed by atoms with van der Waals surface area (Å²) in [6.45, 7) is 6.34. The number of hydrogen-bond acceptors (Lipinski definition) is 5. The lowest BCUT2D eigenvalue weighted by Crippen LogP contribution is -2.54. The van der Waals surface area contributed by atoms with Gasteiger partial charge < -0.3 is 15.2 Å². The molecular formula is C9H15N3O4S. The second-order valence-corrected chi connectivity index (χ2v) is 4.87. The van der Waals surface area contributed by atoms with Gasteiger partial charge in [0, 0.05) is 0 Å². The second kappa shape index (κ2) is 7.02. The Bertz CT molecular complexity index is 319. The summed E-state index contributed by atoms with van der Waals surface area (Å²) in [6, 6.07) is 0. The molecule has 0 radical (unpaired) electrons. The van der Waals surface area contributed by atoms with Crippen molar-refractivity contribution in [3.8, 4) is 0 Å². The lowest BCUT2D eigenvalue weighted by atomic mass is 10.0. The Kier molecular flexibility index (Phi) is 6.44. The number of nitrogens with one attached hydrogen (secondary N) is 2. The number of amides is 2. The molecule has 7 nitrogen and oxygen atoms in total. The molecule has 0 saturated heterocycles. The highest BCUT2D eigenvalue weighted by molar-refractivity contribution is 7.90. The molecule has 0 aromatic rings. The van der Waals surface area contributed by atoms with E-state index in [0.29, 0.717) is 0 Å². The van der Waals surface area contributed by atoms with Crippen molar-refractivity contribution in [3.05, 3.63) is 17.6 Å².